The van der Waals surface area contributed by atoms with Gasteiger partial charge in [-0.25, -0.2) is 4.98 Å². The molecule has 0 fully saturated rings. The summed E-state index contributed by atoms with van der Waals surface area (Å²) in [6.45, 7) is 0.306. The molecule has 1 amide bonds. The highest BCUT2D eigenvalue weighted by molar-refractivity contribution is 6.33. The molecule has 0 spiro atoms. The monoisotopic (exact) mass is 381 g/mol. The van der Waals surface area contributed by atoms with Gasteiger partial charge in [0.05, 0.1) is 17.8 Å². The van der Waals surface area contributed by atoms with Gasteiger partial charge in [0.2, 0.25) is 5.91 Å². The molecule has 0 saturated carbocycles. The number of rotatable bonds is 6. The van der Waals surface area contributed by atoms with Crippen LogP contribution in [0.25, 0.3) is 17.0 Å². The first kappa shape index (κ1) is 17.2. The fourth-order valence-electron chi connectivity index (χ4n) is 2.71. The van der Waals surface area contributed by atoms with Crippen LogP contribution in [0.15, 0.2) is 59.3 Å². The number of nitrogens with one attached hydrogen (secondary N) is 1. The number of oxazole rings is 1. The molecule has 0 saturated heterocycles. The van der Waals surface area contributed by atoms with Crippen LogP contribution < -0.4 is 5.32 Å². The zero-order chi connectivity index (χ0) is 18.6. The van der Waals surface area contributed by atoms with E-state index in [1.165, 1.54) is 0 Å². The fraction of sp³-hybridized carbons (Fsp3) is 0.158. The number of carbonyl (C=O) groups excluding carboxylic acids is 1. The van der Waals surface area contributed by atoms with E-state index in [9.17, 15) is 4.79 Å². The van der Waals surface area contributed by atoms with E-state index < -0.39 is 0 Å². The summed E-state index contributed by atoms with van der Waals surface area (Å²) in [5.41, 5.74) is 1.52. The molecule has 1 N–H and O–H groups in total. The first-order chi connectivity index (χ1) is 13.2. The van der Waals surface area contributed by atoms with Crippen molar-refractivity contribution in [2.45, 2.75) is 19.4 Å². The van der Waals surface area contributed by atoms with E-state index in [1.807, 2.05) is 47.0 Å². The largest absolute Gasteiger partial charge is 0.441 e. The lowest BCUT2D eigenvalue weighted by Crippen LogP contribution is -2.24. The van der Waals surface area contributed by atoms with Gasteiger partial charge in [-0.3, -0.25) is 9.20 Å². The van der Waals surface area contributed by atoms with Crippen LogP contribution in [0.4, 0.5) is 0 Å². The van der Waals surface area contributed by atoms with Gasteiger partial charge in [0.15, 0.2) is 23.1 Å². The quantitative estimate of drug-likeness (QED) is 0.554. The average molecular weight is 382 g/mol. The van der Waals surface area contributed by atoms with Crippen LogP contribution in [-0.2, 0) is 17.8 Å². The van der Waals surface area contributed by atoms with E-state index >= 15 is 0 Å². The number of hydrogen-bond acceptors (Lipinski definition) is 5. The van der Waals surface area contributed by atoms with Crippen molar-refractivity contribution in [1.29, 1.82) is 0 Å². The van der Waals surface area contributed by atoms with E-state index in [2.05, 4.69) is 20.5 Å². The van der Waals surface area contributed by atoms with Crippen molar-refractivity contribution in [3.8, 4) is 11.3 Å². The smallest absolute Gasteiger partial charge is 0.220 e. The number of aryl methyl sites for hydroxylation is 1. The lowest BCUT2D eigenvalue weighted by molar-refractivity contribution is -0.121. The van der Waals surface area contributed by atoms with Crippen molar-refractivity contribution in [3.63, 3.8) is 0 Å². The average Bonchev–Trinajstić information content (AvgIpc) is 3.32. The molecule has 4 aromatic rings. The third-order valence-corrected chi connectivity index (χ3v) is 4.42. The van der Waals surface area contributed by atoms with Gasteiger partial charge in [0.1, 0.15) is 0 Å². The molecule has 0 aliphatic rings. The fourth-order valence-corrected chi connectivity index (χ4v) is 2.94. The van der Waals surface area contributed by atoms with Crippen molar-refractivity contribution in [2.24, 2.45) is 0 Å². The van der Waals surface area contributed by atoms with Crippen molar-refractivity contribution in [3.05, 3.63) is 71.6 Å². The topological polar surface area (TPSA) is 85.3 Å². The van der Waals surface area contributed by atoms with Crippen LogP contribution in [-0.4, -0.2) is 25.5 Å². The Labute approximate surface area is 160 Å². The Morgan fingerprint density at radius 2 is 2.00 bits per heavy atom. The van der Waals surface area contributed by atoms with Crippen LogP contribution in [0.3, 0.4) is 0 Å². The van der Waals surface area contributed by atoms with Crippen molar-refractivity contribution in [2.75, 3.05) is 0 Å². The summed E-state index contributed by atoms with van der Waals surface area (Å²) in [7, 11) is 0. The molecule has 0 aliphatic carbocycles. The molecule has 1 aromatic carbocycles. The van der Waals surface area contributed by atoms with E-state index in [0.717, 1.165) is 11.2 Å². The van der Waals surface area contributed by atoms with Crippen molar-refractivity contribution < 1.29 is 9.21 Å². The third-order valence-electron chi connectivity index (χ3n) is 4.09. The molecule has 0 atom stereocenters. The zero-order valence-electron chi connectivity index (χ0n) is 14.3. The van der Waals surface area contributed by atoms with Crippen LogP contribution in [0, 0.1) is 0 Å². The Bertz CT molecular complexity index is 1090. The molecule has 3 heterocycles. The third kappa shape index (κ3) is 3.83. The summed E-state index contributed by atoms with van der Waals surface area (Å²) in [4.78, 5) is 16.3. The van der Waals surface area contributed by atoms with Crippen LogP contribution in [0.5, 0.6) is 0 Å². The second kappa shape index (κ2) is 7.59. The SMILES string of the molecule is O=C(CCc1ncc(-c2ccccc2Cl)o1)NCc1nnc2ccccn12. The molecular weight excluding hydrogens is 366 g/mol. The molecule has 0 radical (unpaired) electrons. The van der Waals surface area contributed by atoms with Gasteiger partial charge >= 0.3 is 0 Å². The predicted molar refractivity (Wildman–Crippen MR) is 100 cm³/mol. The number of halogens is 1. The Kier molecular flexibility index (Phi) is 4.84. The van der Waals surface area contributed by atoms with Crippen LogP contribution in [0.2, 0.25) is 5.02 Å². The summed E-state index contributed by atoms with van der Waals surface area (Å²) in [5.74, 6) is 1.65. The lowest BCUT2D eigenvalue weighted by Gasteiger charge is -2.03. The number of nitrogens with zero attached hydrogens (tertiary/aromatic N) is 4. The van der Waals surface area contributed by atoms with E-state index in [-0.39, 0.29) is 12.3 Å². The molecule has 136 valence electrons. The summed E-state index contributed by atoms with van der Waals surface area (Å²) < 4.78 is 7.54. The van der Waals surface area contributed by atoms with E-state index in [4.69, 9.17) is 16.0 Å². The number of aromatic nitrogens is 4. The van der Waals surface area contributed by atoms with Gasteiger partial charge < -0.3 is 9.73 Å². The number of carbonyl (C=O) groups is 1. The number of fused-ring (bicyclic) bond motifs is 1. The van der Waals surface area contributed by atoms with Crippen molar-refractivity contribution >= 4 is 23.2 Å². The lowest BCUT2D eigenvalue weighted by atomic mass is 10.2. The summed E-state index contributed by atoms with van der Waals surface area (Å²) >= 11 is 6.16. The Morgan fingerprint density at radius 1 is 1.15 bits per heavy atom. The minimum Gasteiger partial charge on any atom is -0.441 e. The van der Waals surface area contributed by atoms with Gasteiger partial charge in [-0.2, -0.15) is 0 Å². The first-order valence-electron chi connectivity index (χ1n) is 8.45. The maximum absolute atomic E-state index is 12.1. The maximum Gasteiger partial charge on any atom is 0.220 e. The number of benzene rings is 1. The van der Waals surface area contributed by atoms with Crippen LogP contribution >= 0.6 is 11.6 Å². The number of amides is 1. The number of pyridine rings is 1. The minimum absolute atomic E-state index is 0.111. The molecule has 7 nitrogen and oxygen atoms in total. The maximum atomic E-state index is 12.1. The van der Waals surface area contributed by atoms with Gasteiger partial charge in [-0.05, 0) is 24.3 Å². The molecule has 0 aliphatic heterocycles. The van der Waals surface area contributed by atoms with Gasteiger partial charge in [0.25, 0.3) is 0 Å². The number of hydrogen-bond donors (Lipinski definition) is 1. The van der Waals surface area contributed by atoms with E-state index in [1.54, 1.807) is 12.3 Å². The Balaban J connectivity index is 1.33. The Hall–Kier alpha value is -3.19. The molecular formula is C19H16ClN5O2. The molecule has 0 bridgehead atoms. The standard InChI is InChI=1S/C19H16ClN5O2/c20-14-6-2-1-5-13(14)15-11-22-19(27-15)9-8-18(26)21-12-17-24-23-16-7-3-4-10-25(16)17/h1-7,10-11H,8-9,12H2,(H,21,26). The highest BCUT2D eigenvalue weighted by Gasteiger charge is 2.12. The van der Waals surface area contributed by atoms with Gasteiger partial charge in [0, 0.05) is 24.6 Å². The van der Waals surface area contributed by atoms with Gasteiger partial charge in [-0.1, -0.05) is 29.8 Å². The van der Waals surface area contributed by atoms with Crippen LogP contribution in [0.1, 0.15) is 18.1 Å². The first-order valence-corrected chi connectivity index (χ1v) is 8.83. The van der Waals surface area contributed by atoms with E-state index in [0.29, 0.717) is 35.5 Å². The highest BCUT2D eigenvalue weighted by Crippen LogP contribution is 2.28. The normalized spacial score (nSPS) is 11.0. The molecule has 0 unspecified atom stereocenters. The second-order valence-electron chi connectivity index (χ2n) is 5.92. The zero-order valence-corrected chi connectivity index (χ0v) is 15.1. The minimum atomic E-state index is -0.111. The second-order valence-corrected chi connectivity index (χ2v) is 6.33. The summed E-state index contributed by atoms with van der Waals surface area (Å²) in [5, 5.41) is 11.6. The summed E-state index contributed by atoms with van der Waals surface area (Å²) in [6.07, 6.45) is 4.15. The predicted octanol–water partition coefficient (Wildman–Crippen LogP) is 3.29. The summed E-state index contributed by atoms with van der Waals surface area (Å²) in [6, 6.07) is 13.0. The molecule has 8 heteroatoms. The Morgan fingerprint density at radius 3 is 2.89 bits per heavy atom. The molecule has 4 rings (SSSR count). The van der Waals surface area contributed by atoms with Gasteiger partial charge in [-0.15, -0.1) is 10.2 Å². The molecule has 3 aromatic heterocycles. The van der Waals surface area contributed by atoms with Crippen molar-refractivity contribution in [1.82, 2.24) is 24.9 Å². The molecule has 27 heavy (non-hydrogen) atoms. The highest BCUT2D eigenvalue weighted by atomic mass is 35.5.